The van der Waals surface area contributed by atoms with Gasteiger partial charge in [0.1, 0.15) is 0 Å². The molecule has 2 rings (SSSR count). The number of carboxylic acids is 1. The molecule has 0 aromatic heterocycles. The van der Waals surface area contributed by atoms with Crippen LogP contribution in [0.1, 0.15) is 38.5 Å². The second kappa shape index (κ2) is 6.18. The molecule has 0 spiro atoms. The molecular weight excluding hydrogens is 234 g/mol. The van der Waals surface area contributed by atoms with Crippen LogP contribution < -0.4 is 5.32 Å². The molecule has 1 heterocycles. The third-order valence-corrected chi connectivity index (χ3v) is 3.96. The molecule has 0 radical (unpaired) electrons. The third kappa shape index (κ3) is 3.22. The second-order valence-corrected chi connectivity index (χ2v) is 5.20. The van der Waals surface area contributed by atoms with Crippen molar-refractivity contribution in [3.8, 4) is 0 Å². The number of carboxylic acid groups (broad SMARTS) is 1. The van der Waals surface area contributed by atoms with Gasteiger partial charge in [-0.15, -0.1) is 0 Å². The second-order valence-electron chi connectivity index (χ2n) is 5.20. The van der Waals surface area contributed by atoms with Gasteiger partial charge in [0.2, 0.25) is 5.91 Å². The highest BCUT2D eigenvalue weighted by molar-refractivity contribution is 5.85. The van der Waals surface area contributed by atoms with Crippen LogP contribution in [0.4, 0.5) is 0 Å². The van der Waals surface area contributed by atoms with Gasteiger partial charge in [-0.3, -0.25) is 9.59 Å². The Balaban J connectivity index is 1.71. The molecule has 0 aromatic carbocycles. The predicted octanol–water partition coefficient (Wildman–Crippen LogP) is 1.17. The highest BCUT2D eigenvalue weighted by atomic mass is 16.5. The third-order valence-electron chi connectivity index (χ3n) is 3.96. The lowest BCUT2D eigenvalue weighted by Gasteiger charge is -2.16. The summed E-state index contributed by atoms with van der Waals surface area (Å²) in [6.45, 7) is 1.41. The summed E-state index contributed by atoms with van der Waals surface area (Å²) in [5.41, 5.74) is 0. The molecule has 1 aliphatic heterocycles. The van der Waals surface area contributed by atoms with Gasteiger partial charge in [0, 0.05) is 13.2 Å². The van der Waals surface area contributed by atoms with Crippen LogP contribution in [0.15, 0.2) is 0 Å². The van der Waals surface area contributed by atoms with E-state index in [1.54, 1.807) is 0 Å². The smallest absolute Gasteiger partial charge is 0.307 e. The van der Waals surface area contributed by atoms with Crippen LogP contribution in [0.25, 0.3) is 0 Å². The number of nitrogens with one attached hydrogen (secondary N) is 1. The quantitative estimate of drug-likeness (QED) is 0.773. The Morgan fingerprint density at radius 1 is 1.17 bits per heavy atom. The molecule has 5 heteroatoms. The molecule has 2 N–H and O–H groups in total. The normalized spacial score (nSPS) is 31.4. The summed E-state index contributed by atoms with van der Waals surface area (Å²) < 4.78 is 5.47. The van der Waals surface area contributed by atoms with E-state index in [1.165, 1.54) is 0 Å². The first-order chi connectivity index (χ1) is 8.68. The van der Waals surface area contributed by atoms with E-state index in [4.69, 9.17) is 9.84 Å². The monoisotopic (exact) mass is 255 g/mol. The van der Waals surface area contributed by atoms with E-state index in [1.807, 2.05) is 0 Å². The van der Waals surface area contributed by atoms with Crippen molar-refractivity contribution in [2.45, 2.75) is 44.6 Å². The average Bonchev–Trinajstić information content (AvgIpc) is 2.99. The molecule has 1 unspecified atom stereocenters. The maximum absolute atomic E-state index is 11.9. The number of hydrogen-bond acceptors (Lipinski definition) is 3. The van der Waals surface area contributed by atoms with Crippen molar-refractivity contribution in [1.29, 1.82) is 0 Å². The molecule has 1 saturated heterocycles. The summed E-state index contributed by atoms with van der Waals surface area (Å²) in [6, 6.07) is 0. The molecule has 2 aliphatic rings. The number of aliphatic carboxylic acids is 1. The van der Waals surface area contributed by atoms with Crippen LogP contribution in [0.5, 0.6) is 0 Å². The van der Waals surface area contributed by atoms with Crippen molar-refractivity contribution in [2.75, 3.05) is 13.2 Å². The van der Waals surface area contributed by atoms with Gasteiger partial charge in [-0.1, -0.05) is 6.42 Å². The lowest BCUT2D eigenvalue weighted by molar-refractivity contribution is -0.146. The Bertz CT molecular complexity index is 312. The number of carbonyl (C=O) groups excluding carboxylic acids is 1. The summed E-state index contributed by atoms with van der Waals surface area (Å²) in [6.07, 6.45) is 5.42. The maximum atomic E-state index is 11.9. The lowest BCUT2D eigenvalue weighted by Crippen LogP contribution is -2.36. The first-order valence-electron chi connectivity index (χ1n) is 6.80. The van der Waals surface area contributed by atoms with Gasteiger partial charge in [-0.25, -0.2) is 0 Å². The van der Waals surface area contributed by atoms with E-state index in [2.05, 4.69) is 5.32 Å². The van der Waals surface area contributed by atoms with E-state index in [9.17, 15) is 9.59 Å². The first-order valence-corrected chi connectivity index (χ1v) is 6.80. The lowest BCUT2D eigenvalue weighted by atomic mass is 9.95. The zero-order valence-electron chi connectivity index (χ0n) is 10.6. The summed E-state index contributed by atoms with van der Waals surface area (Å²) in [5, 5.41) is 11.9. The highest BCUT2D eigenvalue weighted by Crippen LogP contribution is 2.32. The van der Waals surface area contributed by atoms with Gasteiger partial charge < -0.3 is 15.2 Å². The standard InChI is InChI=1S/C13H21NO4/c15-12(10-4-1-5-11(10)13(16)17)14-7-6-9-3-2-8-18-9/h9-11H,1-8H2,(H,14,15)(H,16,17)/t9?,10-,11+/m1/s1. The van der Waals surface area contributed by atoms with Crippen LogP contribution >= 0.6 is 0 Å². The SMILES string of the molecule is O=C(O)[C@H]1CCC[C@H]1C(=O)NCCC1CCCO1. The van der Waals surface area contributed by atoms with Crippen molar-refractivity contribution in [3.05, 3.63) is 0 Å². The highest BCUT2D eigenvalue weighted by Gasteiger charge is 2.37. The molecule has 102 valence electrons. The molecular formula is C13H21NO4. The van der Waals surface area contributed by atoms with Gasteiger partial charge in [-0.05, 0) is 32.1 Å². The number of hydrogen-bond donors (Lipinski definition) is 2. The van der Waals surface area contributed by atoms with E-state index in [0.29, 0.717) is 19.4 Å². The fourth-order valence-electron chi connectivity index (χ4n) is 2.93. The van der Waals surface area contributed by atoms with E-state index in [0.717, 1.165) is 32.3 Å². The molecule has 2 fully saturated rings. The van der Waals surface area contributed by atoms with Crippen molar-refractivity contribution < 1.29 is 19.4 Å². The summed E-state index contributed by atoms with van der Waals surface area (Å²) in [5.74, 6) is -1.77. The van der Waals surface area contributed by atoms with Gasteiger partial charge >= 0.3 is 5.97 Å². The Morgan fingerprint density at radius 2 is 1.94 bits per heavy atom. The van der Waals surface area contributed by atoms with Crippen LogP contribution in [-0.4, -0.2) is 36.2 Å². The minimum atomic E-state index is -0.841. The number of rotatable bonds is 5. The van der Waals surface area contributed by atoms with Crippen LogP contribution in [0.2, 0.25) is 0 Å². The Hall–Kier alpha value is -1.10. The Kier molecular flexibility index (Phi) is 4.58. The number of amides is 1. The average molecular weight is 255 g/mol. The Morgan fingerprint density at radius 3 is 2.61 bits per heavy atom. The minimum absolute atomic E-state index is 0.0992. The first kappa shape index (κ1) is 13.3. The van der Waals surface area contributed by atoms with E-state index < -0.39 is 11.9 Å². The van der Waals surface area contributed by atoms with Crippen LogP contribution in [0.3, 0.4) is 0 Å². The molecule has 1 amide bonds. The van der Waals surface area contributed by atoms with Crippen LogP contribution in [0, 0.1) is 11.8 Å². The van der Waals surface area contributed by atoms with E-state index in [-0.39, 0.29) is 17.9 Å². The minimum Gasteiger partial charge on any atom is -0.481 e. The molecule has 18 heavy (non-hydrogen) atoms. The molecule has 1 aliphatic carbocycles. The number of ether oxygens (including phenoxy) is 1. The Labute approximate surface area is 107 Å². The van der Waals surface area contributed by atoms with Gasteiger partial charge in [-0.2, -0.15) is 0 Å². The van der Waals surface area contributed by atoms with Crippen molar-refractivity contribution in [3.63, 3.8) is 0 Å². The largest absolute Gasteiger partial charge is 0.481 e. The summed E-state index contributed by atoms with van der Waals surface area (Å²) >= 11 is 0. The van der Waals surface area contributed by atoms with Gasteiger partial charge in [0.15, 0.2) is 0 Å². The molecule has 3 atom stereocenters. The van der Waals surface area contributed by atoms with Crippen molar-refractivity contribution in [1.82, 2.24) is 5.32 Å². The zero-order valence-corrected chi connectivity index (χ0v) is 10.6. The molecule has 5 nitrogen and oxygen atoms in total. The van der Waals surface area contributed by atoms with Gasteiger partial charge in [0.25, 0.3) is 0 Å². The topological polar surface area (TPSA) is 75.6 Å². The summed E-state index contributed by atoms with van der Waals surface area (Å²) in [4.78, 5) is 22.9. The molecule has 0 bridgehead atoms. The van der Waals surface area contributed by atoms with Crippen molar-refractivity contribution in [2.24, 2.45) is 11.8 Å². The zero-order chi connectivity index (χ0) is 13.0. The molecule has 0 aromatic rings. The fraction of sp³-hybridized carbons (Fsp3) is 0.846. The van der Waals surface area contributed by atoms with Gasteiger partial charge in [0.05, 0.1) is 17.9 Å². The molecule has 1 saturated carbocycles. The summed E-state index contributed by atoms with van der Waals surface area (Å²) in [7, 11) is 0. The van der Waals surface area contributed by atoms with E-state index >= 15 is 0 Å². The van der Waals surface area contributed by atoms with Crippen molar-refractivity contribution >= 4 is 11.9 Å². The van der Waals surface area contributed by atoms with Crippen LogP contribution in [-0.2, 0) is 14.3 Å². The fourth-order valence-corrected chi connectivity index (χ4v) is 2.93. The predicted molar refractivity (Wildman–Crippen MR) is 65.1 cm³/mol. The number of carbonyl (C=O) groups is 2. The maximum Gasteiger partial charge on any atom is 0.307 e.